The first-order chi connectivity index (χ1) is 17.1. The molecule has 0 bridgehead atoms. The molecule has 6 rings (SSSR count). The third kappa shape index (κ3) is 3.36. The molecule has 0 saturated heterocycles. The summed E-state index contributed by atoms with van der Waals surface area (Å²) in [6, 6.07) is 16.0. The van der Waals surface area contributed by atoms with E-state index in [0.717, 1.165) is 11.1 Å². The van der Waals surface area contributed by atoms with Crippen molar-refractivity contribution in [2.24, 2.45) is 0 Å². The van der Waals surface area contributed by atoms with E-state index in [9.17, 15) is 9.59 Å². The Labute approximate surface area is 202 Å². The zero-order chi connectivity index (χ0) is 24.1. The van der Waals surface area contributed by atoms with Gasteiger partial charge in [-0.1, -0.05) is 18.2 Å². The van der Waals surface area contributed by atoms with Crippen molar-refractivity contribution in [1.29, 1.82) is 0 Å². The van der Waals surface area contributed by atoms with Gasteiger partial charge in [0, 0.05) is 23.9 Å². The molecule has 0 aliphatic carbocycles. The molecule has 8 nitrogen and oxygen atoms in total. The topological polar surface area (TPSA) is 86.3 Å². The zero-order valence-electron chi connectivity index (χ0n) is 19.4. The summed E-state index contributed by atoms with van der Waals surface area (Å²) in [4.78, 5) is 29.2. The zero-order valence-corrected chi connectivity index (χ0v) is 19.4. The highest BCUT2D eigenvalue weighted by Crippen LogP contribution is 2.48. The van der Waals surface area contributed by atoms with Crippen LogP contribution in [-0.4, -0.2) is 44.3 Å². The Kier molecular flexibility index (Phi) is 5.02. The molecule has 178 valence electrons. The average molecular weight is 472 g/mol. The molecule has 0 spiro atoms. The molecule has 3 aliphatic heterocycles. The van der Waals surface area contributed by atoms with Gasteiger partial charge in [0.1, 0.15) is 0 Å². The van der Waals surface area contributed by atoms with Crippen molar-refractivity contribution < 1.29 is 28.5 Å². The number of amides is 2. The average Bonchev–Trinajstić information content (AvgIpc) is 3.36. The first-order valence-electron chi connectivity index (χ1n) is 11.4. The molecule has 3 heterocycles. The Bertz CT molecular complexity index is 1350. The van der Waals surface area contributed by atoms with Gasteiger partial charge in [0.25, 0.3) is 5.91 Å². The number of carbonyl (C=O) groups excluding carboxylic acids is 2. The number of methoxy groups -OCH3 is 2. The Hall–Kier alpha value is -4.20. The van der Waals surface area contributed by atoms with Crippen LogP contribution in [0.15, 0.2) is 54.6 Å². The van der Waals surface area contributed by atoms with E-state index in [4.69, 9.17) is 18.9 Å². The number of carbonyl (C=O) groups is 2. The van der Waals surface area contributed by atoms with Gasteiger partial charge in [0.2, 0.25) is 12.7 Å². The van der Waals surface area contributed by atoms with Crippen molar-refractivity contribution in [3.8, 4) is 23.0 Å². The molecule has 8 heteroatoms. The minimum Gasteiger partial charge on any atom is -0.493 e. The largest absolute Gasteiger partial charge is 0.493 e. The van der Waals surface area contributed by atoms with Gasteiger partial charge in [-0.05, 0) is 53.4 Å². The van der Waals surface area contributed by atoms with Crippen LogP contribution >= 0.6 is 0 Å². The summed E-state index contributed by atoms with van der Waals surface area (Å²) in [5.41, 5.74) is 3.79. The van der Waals surface area contributed by atoms with E-state index in [1.807, 2.05) is 30.3 Å². The first kappa shape index (κ1) is 21.3. The molecule has 0 saturated carbocycles. The third-order valence-electron chi connectivity index (χ3n) is 6.95. The number of hydrogen-bond donors (Lipinski definition) is 1. The molecule has 3 aromatic rings. The molecule has 35 heavy (non-hydrogen) atoms. The molecule has 2 amide bonds. The second-order valence-corrected chi connectivity index (χ2v) is 8.72. The summed E-state index contributed by atoms with van der Waals surface area (Å²) in [5, 5.41) is 3.04. The van der Waals surface area contributed by atoms with Gasteiger partial charge < -0.3 is 29.2 Å². The Morgan fingerprint density at radius 2 is 1.74 bits per heavy atom. The minimum absolute atomic E-state index is 0.0711. The van der Waals surface area contributed by atoms with Crippen molar-refractivity contribution in [2.75, 3.05) is 32.9 Å². The molecule has 0 unspecified atom stereocenters. The Morgan fingerprint density at radius 1 is 0.971 bits per heavy atom. The van der Waals surface area contributed by atoms with Gasteiger partial charge in [-0.3, -0.25) is 9.59 Å². The summed E-state index contributed by atoms with van der Waals surface area (Å²) < 4.78 is 21.9. The fourth-order valence-electron chi connectivity index (χ4n) is 5.33. The van der Waals surface area contributed by atoms with Gasteiger partial charge in [-0.2, -0.15) is 0 Å². The maximum Gasteiger partial charge on any atom is 0.254 e. The SMILES string of the molecule is COc1cc2c(cc1OC)[C@@H]1[C@H](C(=O)Nc3ccc4c(c3)OCO4)c3ccccc3C(=O)N1CC2. The molecule has 0 radical (unpaired) electrons. The second-order valence-electron chi connectivity index (χ2n) is 8.72. The summed E-state index contributed by atoms with van der Waals surface area (Å²) in [7, 11) is 3.18. The van der Waals surface area contributed by atoms with Crippen LogP contribution < -0.4 is 24.3 Å². The fraction of sp³-hybridized carbons (Fsp3) is 0.259. The number of nitrogens with one attached hydrogen (secondary N) is 1. The van der Waals surface area contributed by atoms with E-state index in [-0.39, 0.29) is 18.6 Å². The van der Waals surface area contributed by atoms with Crippen molar-refractivity contribution in [2.45, 2.75) is 18.4 Å². The number of ether oxygens (including phenoxy) is 4. The monoisotopic (exact) mass is 472 g/mol. The number of anilines is 1. The van der Waals surface area contributed by atoms with Crippen LogP contribution in [0.2, 0.25) is 0 Å². The molecule has 0 aromatic heterocycles. The summed E-state index contributed by atoms with van der Waals surface area (Å²) in [6.07, 6.45) is 0.663. The van der Waals surface area contributed by atoms with Crippen molar-refractivity contribution in [1.82, 2.24) is 4.90 Å². The van der Waals surface area contributed by atoms with E-state index < -0.39 is 12.0 Å². The maximum absolute atomic E-state index is 13.9. The van der Waals surface area contributed by atoms with Crippen LogP contribution in [0.25, 0.3) is 0 Å². The predicted molar refractivity (Wildman–Crippen MR) is 127 cm³/mol. The maximum atomic E-state index is 13.9. The highest BCUT2D eigenvalue weighted by atomic mass is 16.7. The number of nitrogens with zero attached hydrogens (tertiary/aromatic N) is 1. The third-order valence-corrected chi connectivity index (χ3v) is 6.95. The highest BCUT2D eigenvalue weighted by molar-refractivity contribution is 6.04. The summed E-state index contributed by atoms with van der Waals surface area (Å²) >= 11 is 0. The predicted octanol–water partition coefficient (Wildman–Crippen LogP) is 3.91. The molecule has 1 N–H and O–H groups in total. The highest BCUT2D eigenvalue weighted by Gasteiger charge is 2.46. The van der Waals surface area contributed by atoms with Gasteiger partial charge in [0.05, 0.1) is 26.2 Å². The lowest BCUT2D eigenvalue weighted by molar-refractivity contribution is -0.119. The van der Waals surface area contributed by atoms with Gasteiger partial charge in [-0.15, -0.1) is 0 Å². The smallest absolute Gasteiger partial charge is 0.254 e. The van der Waals surface area contributed by atoms with Gasteiger partial charge >= 0.3 is 0 Å². The van der Waals surface area contributed by atoms with Gasteiger partial charge in [-0.25, -0.2) is 0 Å². The molecule has 3 aliphatic rings. The lowest BCUT2D eigenvalue weighted by atomic mass is 9.75. The molecule has 3 aromatic carbocycles. The van der Waals surface area contributed by atoms with Crippen LogP contribution in [0.5, 0.6) is 23.0 Å². The fourth-order valence-corrected chi connectivity index (χ4v) is 5.33. The number of benzene rings is 3. The van der Waals surface area contributed by atoms with Crippen molar-refractivity contribution in [3.05, 3.63) is 76.9 Å². The number of fused-ring (bicyclic) bond motifs is 5. The van der Waals surface area contributed by atoms with E-state index in [2.05, 4.69) is 5.32 Å². The van der Waals surface area contributed by atoms with Crippen LogP contribution in [0.1, 0.15) is 39.0 Å². The number of hydrogen-bond acceptors (Lipinski definition) is 6. The molecule has 2 atom stereocenters. The Morgan fingerprint density at radius 3 is 2.57 bits per heavy atom. The van der Waals surface area contributed by atoms with Crippen molar-refractivity contribution >= 4 is 17.5 Å². The summed E-state index contributed by atoms with van der Waals surface area (Å²) in [6.45, 7) is 0.665. The standard InChI is InChI=1S/C27H24N2O6/c1-32-21-11-15-9-10-29-25(19(15)13-22(21)33-2)24(17-5-3-4-6-18(17)27(29)31)26(30)28-16-7-8-20-23(12-16)35-14-34-20/h3-8,11-13,24-25H,9-10,14H2,1-2H3,(H,28,30)/t24-,25-/m1/s1. The normalized spacial score (nSPS) is 19.4. The molecular formula is C27H24N2O6. The van der Waals surface area contributed by atoms with Crippen LogP contribution in [0.4, 0.5) is 5.69 Å². The van der Waals surface area contributed by atoms with E-state index in [1.54, 1.807) is 43.4 Å². The second kappa shape index (κ2) is 8.23. The van der Waals surface area contributed by atoms with Crippen LogP contribution in [-0.2, 0) is 11.2 Å². The van der Waals surface area contributed by atoms with E-state index in [1.165, 1.54) is 0 Å². The lowest BCUT2D eigenvalue weighted by Crippen LogP contribution is -2.49. The van der Waals surface area contributed by atoms with Crippen LogP contribution in [0, 0.1) is 0 Å². The number of rotatable bonds is 4. The summed E-state index contributed by atoms with van der Waals surface area (Å²) in [5.74, 6) is 1.53. The molecular weight excluding hydrogens is 448 g/mol. The minimum atomic E-state index is -0.619. The lowest BCUT2D eigenvalue weighted by Gasteiger charge is -2.45. The Balaban J connectivity index is 1.46. The first-order valence-corrected chi connectivity index (χ1v) is 11.4. The quantitative estimate of drug-likeness (QED) is 0.620. The van der Waals surface area contributed by atoms with Crippen LogP contribution in [0.3, 0.4) is 0 Å². The van der Waals surface area contributed by atoms with Gasteiger partial charge in [0.15, 0.2) is 23.0 Å². The van der Waals surface area contributed by atoms with E-state index in [0.29, 0.717) is 52.8 Å². The van der Waals surface area contributed by atoms with Crippen molar-refractivity contribution in [3.63, 3.8) is 0 Å². The molecule has 0 fully saturated rings. The van der Waals surface area contributed by atoms with E-state index >= 15 is 0 Å².